The van der Waals surface area contributed by atoms with Crippen molar-refractivity contribution in [3.8, 4) is 0 Å². The Bertz CT molecular complexity index is 138. The van der Waals surface area contributed by atoms with E-state index < -0.39 is 0 Å². The fraction of sp³-hybridized carbons (Fsp3) is 1.00. The molecule has 0 N–H and O–H groups in total. The van der Waals surface area contributed by atoms with Crippen LogP contribution in [0.1, 0.15) is 6.92 Å². The molecule has 68 valence electrons. The van der Waals surface area contributed by atoms with Gasteiger partial charge in [-0.25, -0.2) is 4.90 Å². The maximum absolute atomic E-state index is 6.15. The summed E-state index contributed by atoms with van der Waals surface area (Å²) in [5.74, 6) is 0. The van der Waals surface area contributed by atoms with E-state index in [1.807, 2.05) is 0 Å². The van der Waals surface area contributed by atoms with Gasteiger partial charge in [-0.3, -0.25) is 4.48 Å². The third kappa shape index (κ3) is 2.00. The first-order chi connectivity index (χ1) is 4.45. The van der Waals surface area contributed by atoms with Crippen molar-refractivity contribution < 1.29 is 16.9 Å². The van der Waals surface area contributed by atoms with Crippen molar-refractivity contribution in [1.29, 1.82) is 0 Å². The van der Waals surface area contributed by atoms with Crippen molar-refractivity contribution in [3.05, 3.63) is 0 Å². The van der Waals surface area contributed by atoms with Crippen LogP contribution in [-0.4, -0.2) is 48.7 Å². The number of nitrogens with zero attached hydrogens (tertiary/aromatic N) is 2. The molecule has 0 radical (unpaired) electrons. The topological polar surface area (TPSA) is 3.24 Å². The summed E-state index contributed by atoms with van der Waals surface area (Å²) in [5, 5.41) is 0. The van der Waals surface area contributed by atoms with Gasteiger partial charge in [-0.05, 0) is 25.6 Å². The van der Waals surface area contributed by atoms with Gasteiger partial charge in [-0.15, -0.1) is 0 Å². The highest BCUT2D eigenvalue weighted by Gasteiger charge is 2.41. The molecule has 1 aliphatic rings. The summed E-state index contributed by atoms with van der Waals surface area (Å²) in [5.41, 5.74) is 0.148. The molecule has 2 atom stereocenters. The van der Waals surface area contributed by atoms with Crippen LogP contribution in [0.3, 0.4) is 0 Å². The summed E-state index contributed by atoms with van der Waals surface area (Å²) in [6, 6.07) is 0.609. The van der Waals surface area contributed by atoms with E-state index >= 15 is 0 Å². The molecule has 0 aliphatic carbocycles. The predicted molar refractivity (Wildman–Crippen MR) is 43.8 cm³/mol. The molecule has 1 saturated heterocycles. The molecule has 0 aromatic carbocycles. The van der Waals surface area contributed by atoms with Gasteiger partial charge in [-0.1, -0.05) is 0 Å². The Balaban J connectivity index is 0.000001000. The van der Waals surface area contributed by atoms with Crippen molar-refractivity contribution in [3.63, 3.8) is 0 Å². The lowest BCUT2D eigenvalue weighted by molar-refractivity contribution is -0.894. The first-order valence-corrected chi connectivity index (χ1v) is 4.07. The molecule has 0 spiro atoms. The zero-order valence-electron chi connectivity index (χ0n) is 7.51. The van der Waals surface area contributed by atoms with Crippen LogP contribution in [0, 0.1) is 0 Å². The van der Waals surface area contributed by atoms with Crippen LogP contribution in [0.5, 0.6) is 0 Å². The second-order valence-corrected chi connectivity index (χ2v) is 4.18. The van der Waals surface area contributed by atoms with Gasteiger partial charge in [0.1, 0.15) is 0 Å². The number of hydrogen-bond donors (Lipinski definition) is 0. The molecule has 0 amide bonds. The molecular formula is C7H16Cl2N2. The average molecular weight is 199 g/mol. The number of alkyl halides is 1. The number of halogens is 2. The SMILES string of the molecule is CC1C[N+](C)(C)C(Cl)N1C.[Cl-]. The lowest BCUT2D eigenvalue weighted by atomic mass is 10.3. The van der Waals surface area contributed by atoms with Crippen LogP contribution in [0.15, 0.2) is 0 Å². The Morgan fingerprint density at radius 3 is 2.00 bits per heavy atom. The van der Waals surface area contributed by atoms with E-state index in [-0.39, 0.29) is 18.0 Å². The zero-order chi connectivity index (χ0) is 7.94. The van der Waals surface area contributed by atoms with E-state index in [2.05, 4.69) is 33.0 Å². The molecular weight excluding hydrogens is 183 g/mol. The molecule has 0 aromatic heterocycles. The highest BCUT2D eigenvalue weighted by atomic mass is 35.5. The van der Waals surface area contributed by atoms with Crippen LogP contribution >= 0.6 is 11.6 Å². The van der Waals surface area contributed by atoms with Gasteiger partial charge in [0.05, 0.1) is 26.7 Å². The summed E-state index contributed by atoms with van der Waals surface area (Å²) < 4.78 is 0.902. The van der Waals surface area contributed by atoms with Gasteiger partial charge in [0, 0.05) is 0 Å². The lowest BCUT2D eigenvalue weighted by Gasteiger charge is -2.27. The monoisotopic (exact) mass is 198 g/mol. The molecule has 0 bridgehead atoms. The van der Waals surface area contributed by atoms with Crippen molar-refractivity contribution >= 4 is 11.6 Å². The van der Waals surface area contributed by atoms with E-state index in [1.165, 1.54) is 0 Å². The third-order valence-corrected chi connectivity index (χ3v) is 3.18. The lowest BCUT2D eigenvalue weighted by Crippen LogP contribution is -3.00. The van der Waals surface area contributed by atoms with Crippen molar-refractivity contribution in [2.45, 2.75) is 18.6 Å². The van der Waals surface area contributed by atoms with Gasteiger partial charge < -0.3 is 12.4 Å². The van der Waals surface area contributed by atoms with E-state index in [4.69, 9.17) is 11.6 Å². The molecule has 0 aromatic rings. The fourth-order valence-electron chi connectivity index (χ4n) is 1.60. The molecule has 0 saturated carbocycles. The molecule has 2 unspecified atom stereocenters. The minimum atomic E-state index is 0. The van der Waals surface area contributed by atoms with Crippen LogP contribution < -0.4 is 12.4 Å². The number of quaternary nitrogens is 1. The van der Waals surface area contributed by atoms with Gasteiger partial charge in [0.15, 0.2) is 0 Å². The van der Waals surface area contributed by atoms with Gasteiger partial charge in [0.2, 0.25) is 5.62 Å². The molecule has 1 aliphatic heterocycles. The first-order valence-electron chi connectivity index (χ1n) is 3.64. The Kier molecular flexibility index (Phi) is 3.64. The van der Waals surface area contributed by atoms with Crippen LogP contribution in [-0.2, 0) is 0 Å². The first kappa shape index (κ1) is 11.5. The summed E-state index contributed by atoms with van der Waals surface area (Å²) in [7, 11) is 6.41. The Labute approximate surface area is 80.1 Å². The van der Waals surface area contributed by atoms with Gasteiger partial charge in [-0.2, -0.15) is 0 Å². The number of rotatable bonds is 0. The third-order valence-electron chi connectivity index (χ3n) is 2.34. The predicted octanol–water partition coefficient (Wildman–Crippen LogP) is -2.08. The van der Waals surface area contributed by atoms with Crippen LogP contribution in [0.4, 0.5) is 0 Å². The quantitative estimate of drug-likeness (QED) is 0.246. The van der Waals surface area contributed by atoms with E-state index in [0.29, 0.717) is 6.04 Å². The maximum atomic E-state index is 6.15. The van der Waals surface area contributed by atoms with E-state index in [9.17, 15) is 0 Å². The van der Waals surface area contributed by atoms with E-state index in [1.54, 1.807) is 0 Å². The second-order valence-electron chi connectivity index (χ2n) is 3.79. The summed E-state index contributed by atoms with van der Waals surface area (Å²) in [6.45, 7) is 3.35. The zero-order valence-corrected chi connectivity index (χ0v) is 9.02. The van der Waals surface area contributed by atoms with Gasteiger partial charge in [0.25, 0.3) is 0 Å². The van der Waals surface area contributed by atoms with Crippen LogP contribution in [0.25, 0.3) is 0 Å². The molecule has 1 heterocycles. The number of likely N-dealkylation sites (N-methyl/N-ethyl adjacent to an activating group) is 2. The van der Waals surface area contributed by atoms with Crippen molar-refractivity contribution in [1.82, 2.24) is 4.90 Å². The van der Waals surface area contributed by atoms with Crippen LogP contribution in [0.2, 0.25) is 0 Å². The Hall–Kier alpha value is 0.500. The molecule has 1 fully saturated rings. The van der Waals surface area contributed by atoms with Crippen molar-refractivity contribution in [2.75, 3.05) is 27.7 Å². The summed E-state index contributed by atoms with van der Waals surface area (Å²) >= 11 is 6.15. The minimum Gasteiger partial charge on any atom is -1.00 e. The fourth-order valence-corrected chi connectivity index (χ4v) is 1.87. The maximum Gasteiger partial charge on any atom is 0.223 e. The molecule has 1 rings (SSSR count). The summed E-state index contributed by atoms with van der Waals surface area (Å²) in [6.07, 6.45) is 0. The Morgan fingerprint density at radius 2 is 1.91 bits per heavy atom. The normalized spacial score (nSPS) is 36.8. The standard InChI is InChI=1S/C7H16ClN2.ClH/c1-6-5-10(3,4)7(8)9(6)2;/h6-7H,5H2,1-4H3;1H/q+1;/p-1. The molecule has 11 heavy (non-hydrogen) atoms. The highest BCUT2D eigenvalue weighted by molar-refractivity contribution is 6.19. The number of hydrogen-bond acceptors (Lipinski definition) is 1. The minimum absolute atomic E-state index is 0. The largest absolute Gasteiger partial charge is 1.00 e. The molecule has 4 heteroatoms. The second kappa shape index (κ2) is 3.48. The Morgan fingerprint density at radius 1 is 1.45 bits per heavy atom. The average Bonchev–Trinajstić information content (AvgIpc) is 1.95. The van der Waals surface area contributed by atoms with E-state index in [0.717, 1.165) is 11.0 Å². The summed E-state index contributed by atoms with van der Waals surface area (Å²) in [4.78, 5) is 2.21. The van der Waals surface area contributed by atoms with Gasteiger partial charge >= 0.3 is 0 Å². The highest BCUT2D eigenvalue weighted by Crippen LogP contribution is 2.25. The van der Waals surface area contributed by atoms with Crippen molar-refractivity contribution in [2.24, 2.45) is 0 Å². The molecule has 2 nitrogen and oxygen atoms in total. The smallest absolute Gasteiger partial charge is 0.223 e.